The van der Waals surface area contributed by atoms with Crippen molar-refractivity contribution in [3.05, 3.63) is 54.1 Å². The quantitative estimate of drug-likeness (QED) is 0.455. The van der Waals surface area contributed by atoms with Crippen molar-refractivity contribution in [2.45, 2.75) is 4.90 Å². The summed E-state index contributed by atoms with van der Waals surface area (Å²) >= 11 is 1.66. The number of carbonyl (C=O) groups excluding carboxylic acids is 1. The van der Waals surface area contributed by atoms with E-state index in [1.165, 1.54) is 0 Å². The summed E-state index contributed by atoms with van der Waals surface area (Å²) in [5.41, 5.74) is 4.39. The molecule has 0 spiro atoms. The molecule has 4 N–H and O–H groups in total. The average Bonchev–Trinajstić information content (AvgIpc) is 2.48. The van der Waals surface area contributed by atoms with Gasteiger partial charge in [0.25, 0.3) is 5.91 Å². The number of carbonyl (C=O) groups is 1. The maximum atomic E-state index is 12.1. The van der Waals surface area contributed by atoms with Gasteiger partial charge in [0.15, 0.2) is 0 Å². The van der Waals surface area contributed by atoms with E-state index in [2.05, 4.69) is 10.7 Å². The number of thioether (sulfide) groups is 1. The molecule has 4 nitrogen and oxygen atoms in total. The first-order valence-electron chi connectivity index (χ1n) is 5.75. The summed E-state index contributed by atoms with van der Waals surface area (Å²) in [5.74, 6) is 5.20. The van der Waals surface area contributed by atoms with Crippen molar-refractivity contribution in [3.63, 3.8) is 0 Å². The number of amides is 1. The monoisotopic (exact) mass is 273 g/mol. The van der Waals surface area contributed by atoms with Gasteiger partial charge in [0.1, 0.15) is 0 Å². The van der Waals surface area contributed by atoms with E-state index in [4.69, 9.17) is 5.84 Å². The Morgan fingerprint density at radius 3 is 2.42 bits per heavy atom. The molecule has 19 heavy (non-hydrogen) atoms. The fourth-order valence-corrected chi connectivity index (χ4v) is 2.09. The number of rotatable bonds is 4. The van der Waals surface area contributed by atoms with Crippen molar-refractivity contribution in [1.29, 1.82) is 0 Å². The lowest BCUT2D eigenvalue weighted by molar-refractivity contribution is 0.102. The number of hydrogen-bond donors (Lipinski definition) is 3. The molecule has 0 aromatic heterocycles. The van der Waals surface area contributed by atoms with E-state index < -0.39 is 0 Å². The van der Waals surface area contributed by atoms with Crippen LogP contribution in [0, 0.1) is 0 Å². The van der Waals surface area contributed by atoms with Crippen molar-refractivity contribution < 1.29 is 4.79 Å². The summed E-state index contributed by atoms with van der Waals surface area (Å²) < 4.78 is 0. The van der Waals surface area contributed by atoms with Gasteiger partial charge in [-0.05, 0) is 42.7 Å². The zero-order chi connectivity index (χ0) is 13.7. The van der Waals surface area contributed by atoms with Gasteiger partial charge in [-0.2, -0.15) is 0 Å². The van der Waals surface area contributed by atoms with Crippen LogP contribution >= 0.6 is 11.8 Å². The van der Waals surface area contributed by atoms with Crippen LogP contribution in [0.5, 0.6) is 0 Å². The Morgan fingerprint density at radius 1 is 1.11 bits per heavy atom. The molecule has 0 unspecified atom stereocenters. The van der Waals surface area contributed by atoms with Crippen molar-refractivity contribution in [3.8, 4) is 0 Å². The Kier molecular flexibility index (Phi) is 4.43. The molecule has 0 aliphatic carbocycles. The molecule has 5 heteroatoms. The van der Waals surface area contributed by atoms with E-state index in [9.17, 15) is 4.79 Å². The van der Waals surface area contributed by atoms with Crippen LogP contribution in [0.4, 0.5) is 11.4 Å². The van der Waals surface area contributed by atoms with Crippen molar-refractivity contribution in [2.75, 3.05) is 17.0 Å². The third kappa shape index (κ3) is 3.27. The second-order valence-corrected chi connectivity index (χ2v) is 4.75. The average molecular weight is 273 g/mol. The highest BCUT2D eigenvalue weighted by molar-refractivity contribution is 7.98. The molecule has 0 aliphatic heterocycles. The number of hydrogen-bond acceptors (Lipinski definition) is 4. The zero-order valence-electron chi connectivity index (χ0n) is 10.5. The van der Waals surface area contributed by atoms with Crippen LogP contribution in [0.2, 0.25) is 0 Å². The summed E-state index contributed by atoms with van der Waals surface area (Å²) in [4.78, 5) is 13.3. The van der Waals surface area contributed by atoms with Crippen molar-refractivity contribution in [2.24, 2.45) is 5.84 Å². The number of para-hydroxylation sites is 1. The molecule has 2 aromatic carbocycles. The number of hydrazine groups is 1. The fraction of sp³-hybridized carbons (Fsp3) is 0.0714. The Hall–Kier alpha value is -1.98. The van der Waals surface area contributed by atoms with E-state index in [0.29, 0.717) is 11.3 Å². The minimum absolute atomic E-state index is 0.189. The number of nitrogens with two attached hydrogens (primary N) is 1. The zero-order valence-corrected chi connectivity index (χ0v) is 11.3. The SMILES string of the molecule is CSc1ccc(NC(=O)c2ccccc2NN)cc1. The highest BCUT2D eigenvalue weighted by Gasteiger charge is 2.10. The molecule has 0 fully saturated rings. The normalized spacial score (nSPS) is 10.0. The number of nitrogens with one attached hydrogen (secondary N) is 2. The Bertz CT molecular complexity index is 569. The molecule has 0 aliphatic rings. The molecule has 98 valence electrons. The van der Waals surface area contributed by atoms with Crippen LogP contribution in [0.3, 0.4) is 0 Å². The molecule has 0 saturated heterocycles. The van der Waals surface area contributed by atoms with Gasteiger partial charge in [-0.3, -0.25) is 10.6 Å². The predicted molar refractivity (Wildman–Crippen MR) is 80.4 cm³/mol. The first-order chi connectivity index (χ1) is 9.24. The Balaban J connectivity index is 2.16. The molecule has 0 atom stereocenters. The van der Waals surface area contributed by atoms with Gasteiger partial charge in [0.2, 0.25) is 0 Å². The van der Waals surface area contributed by atoms with Crippen LogP contribution in [-0.4, -0.2) is 12.2 Å². The van der Waals surface area contributed by atoms with Crippen LogP contribution < -0.4 is 16.6 Å². The molecule has 1 amide bonds. The molecule has 0 bridgehead atoms. The Morgan fingerprint density at radius 2 is 1.79 bits per heavy atom. The standard InChI is InChI=1S/C14H15N3OS/c1-19-11-8-6-10(7-9-11)16-14(18)12-4-2-3-5-13(12)17-15/h2-9,17H,15H2,1H3,(H,16,18). The number of nitrogen functional groups attached to an aromatic ring is 1. The lowest BCUT2D eigenvalue weighted by Gasteiger charge is -2.09. The topological polar surface area (TPSA) is 67.2 Å². The van der Waals surface area contributed by atoms with Gasteiger partial charge < -0.3 is 10.7 Å². The van der Waals surface area contributed by atoms with Crippen LogP contribution in [0.15, 0.2) is 53.4 Å². The summed E-state index contributed by atoms with van der Waals surface area (Å²) in [5, 5.41) is 2.84. The minimum atomic E-state index is -0.189. The second kappa shape index (κ2) is 6.26. The van der Waals surface area contributed by atoms with E-state index in [1.807, 2.05) is 36.6 Å². The van der Waals surface area contributed by atoms with Gasteiger partial charge in [-0.15, -0.1) is 11.8 Å². The maximum absolute atomic E-state index is 12.1. The molecule has 2 aromatic rings. The largest absolute Gasteiger partial charge is 0.323 e. The van der Waals surface area contributed by atoms with Gasteiger partial charge in [-0.1, -0.05) is 12.1 Å². The van der Waals surface area contributed by atoms with Gasteiger partial charge >= 0.3 is 0 Å². The highest BCUT2D eigenvalue weighted by atomic mass is 32.2. The highest BCUT2D eigenvalue weighted by Crippen LogP contribution is 2.19. The number of benzene rings is 2. The van der Waals surface area contributed by atoms with Crippen LogP contribution in [0.25, 0.3) is 0 Å². The van der Waals surface area contributed by atoms with Crippen molar-refractivity contribution in [1.82, 2.24) is 0 Å². The molecule has 0 saturated carbocycles. The molecule has 0 heterocycles. The van der Waals surface area contributed by atoms with Gasteiger partial charge in [-0.25, -0.2) is 0 Å². The first kappa shape index (κ1) is 13.5. The third-order valence-electron chi connectivity index (χ3n) is 2.68. The lowest BCUT2D eigenvalue weighted by Crippen LogP contribution is -2.17. The van der Waals surface area contributed by atoms with E-state index in [-0.39, 0.29) is 5.91 Å². The lowest BCUT2D eigenvalue weighted by atomic mass is 10.1. The smallest absolute Gasteiger partial charge is 0.257 e. The molecular weight excluding hydrogens is 258 g/mol. The summed E-state index contributed by atoms with van der Waals surface area (Å²) in [6.07, 6.45) is 2.01. The Labute approximate surface area is 116 Å². The maximum Gasteiger partial charge on any atom is 0.257 e. The van der Waals surface area contributed by atoms with E-state index in [1.54, 1.807) is 30.0 Å². The van der Waals surface area contributed by atoms with Crippen molar-refractivity contribution >= 4 is 29.0 Å². The molecule has 2 rings (SSSR count). The minimum Gasteiger partial charge on any atom is -0.323 e. The summed E-state index contributed by atoms with van der Waals surface area (Å²) in [7, 11) is 0. The fourth-order valence-electron chi connectivity index (χ4n) is 1.68. The van der Waals surface area contributed by atoms with E-state index in [0.717, 1.165) is 10.6 Å². The van der Waals surface area contributed by atoms with Gasteiger partial charge in [0, 0.05) is 10.6 Å². The number of anilines is 2. The molecular formula is C14H15N3OS. The summed E-state index contributed by atoms with van der Waals surface area (Å²) in [6.45, 7) is 0. The third-order valence-corrected chi connectivity index (χ3v) is 3.42. The predicted octanol–water partition coefficient (Wildman–Crippen LogP) is 2.95. The molecule has 0 radical (unpaired) electrons. The van der Waals surface area contributed by atoms with Crippen LogP contribution in [-0.2, 0) is 0 Å². The van der Waals surface area contributed by atoms with E-state index >= 15 is 0 Å². The van der Waals surface area contributed by atoms with Crippen LogP contribution in [0.1, 0.15) is 10.4 Å². The van der Waals surface area contributed by atoms with Gasteiger partial charge in [0.05, 0.1) is 11.3 Å². The summed E-state index contributed by atoms with van der Waals surface area (Å²) in [6, 6.07) is 14.8. The second-order valence-electron chi connectivity index (χ2n) is 3.87. The first-order valence-corrected chi connectivity index (χ1v) is 6.98.